The third kappa shape index (κ3) is 9.22. The number of primary amides is 1. The minimum atomic E-state index is -0.819. The number of rotatable bonds is 8. The van der Waals surface area contributed by atoms with Crippen molar-refractivity contribution in [1.29, 1.82) is 0 Å². The summed E-state index contributed by atoms with van der Waals surface area (Å²) in [4.78, 5) is 21.5. The first kappa shape index (κ1) is 14.7. The number of methoxy groups -OCH3 is 1. The molecule has 0 radical (unpaired) electrons. The normalized spacial score (nSPS) is 11.9. The maximum Gasteiger partial charge on any atom is 0.404 e. The zero-order valence-electron chi connectivity index (χ0n) is 9.62. The second-order valence-electron chi connectivity index (χ2n) is 3.27. The van der Waals surface area contributed by atoms with Crippen molar-refractivity contribution in [2.24, 2.45) is 5.73 Å². The monoisotopic (exact) mass is 233 g/mol. The topological polar surface area (TPSA) is 103 Å². The molecule has 1 atom stereocenters. The number of hydrogen-bond donors (Lipinski definition) is 3. The lowest BCUT2D eigenvalue weighted by Gasteiger charge is -2.12. The highest BCUT2D eigenvalue weighted by molar-refractivity contribution is 5.78. The van der Waals surface area contributed by atoms with Gasteiger partial charge in [0.15, 0.2) is 0 Å². The van der Waals surface area contributed by atoms with E-state index in [2.05, 4.69) is 15.4 Å². The van der Waals surface area contributed by atoms with Gasteiger partial charge in [0.05, 0.1) is 13.2 Å². The van der Waals surface area contributed by atoms with Crippen molar-refractivity contribution in [2.45, 2.75) is 13.0 Å². The Kier molecular flexibility index (Phi) is 8.18. The zero-order valence-corrected chi connectivity index (χ0v) is 9.62. The quantitative estimate of drug-likeness (QED) is 0.458. The molecule has 0 aromatic carbocycles. The van der Waals surface area contributed by atoms with Crippen molar-refractivity contribution in [3.05, 3.63) is 0 Å². The molecule has 0 aromatic heterocycles. The molecule has 0 rings (SSSR count). The summed E-state index contributed by atoms with van der Waals surface area (Å²) in [5.41, 5.74) is 4.75. The van der Waals surface area contributed by atoms with E-state index in [1.807, 2.05) is 6.92 Å². The maximum atomic E-state index is 11.3. The molecule has 0 saturated heterocycles. The van der Waals surface area contributed by atoms with Gasteiger partial charge >= 0.3 is 6.09 Å². The van der Waals surface area contributed by atoms with E-state index in [1.165, 1.54) is 0 Å². The smallest absolute Gasteiger partial charge is 0.404 e. The molecule has 16 heavy (non-hydrogen) atoms. The zero-order chi connectivity index (χ0) is 12.4. The van der Waals surface area contributed by atoms with Gasteiger partial charge in [0, 0.05) is 19.7 Å². The number of nitrogens with one attached hydrogen (secondary N) is 2. The van der Waals surface area contributed by atoms with Crippen LogP contribution in [-0.4, -0.2) is 51.5 Å². The van der Waals surface area contributed by atoms with Gasteiger partial charge in [-0.25, -0.2) is 4.79 Å². The summed E-state index contributed by atoms with van der Waals surface area (Å²) in [5, 5.41) is 5.52. The van der Waals surface area contributed by atoms with Gasteiger partial charge in [0.2, 0.25) is 5.91 Å². The van der Waals surface area contributed by atoms with Gasteiger partial charge in [0.1, 0.15) is 6.61 Å². The summed E-state index contributed by atoms with van der Waals surface area (Å²) < 4.78 is 9.34. The number of carbonyl (C=O) groups excluding carboxylic acids is 2. The minimum absolute atomic E-state index is 0.0267. The molecule has 7 heteroatoms. The third-order valence-electron chi connectivity index (χ3n) is 1.63. The summed E-state index contributed by atoms with van der Waals surface area (Å²) >= 11 is 0. The summed E-state index contributed by atoms with van der Waals surface area (Å²) in [6, 6.07) is -0.0267. The molecular weight excluding hydrogens is 214 g/mol. The number of nitrogens with two attached hydrogens (primary N) is 1. The number of ether oxygens (including phenoxy) is 2. The Morgan fingerprint density at radius 2 is 2.12 bits per heavy atom. The Balaban J connectivity index is 3.40. The van der Waals surface area contributed by atoms with E-state index in [9.17, 15) is 9.59 Å². The highest BCUT2D eigenvalue weighted by atomic mass is 16.5. The van der Waals surface area contributed by atoms with Crippen LogP contribution in [0.2, 0.25) is 0 Å². The van der Waals surface area contributed by atoms with Gasteiger partial charge in [-0.1, -0.05) is 0 Å². The van der Waals surface area contributed by atoms with E-state index in [0.717, 1.165) is 0 Å². The van der Waals surface area contributed by atoms with Gasteiger partial charge in [-0.05, 0) is 6.92 Å². The van der Waals surface area contributed by atoms with Crippen LogP contribution in [0.5, 0.6) is 0 Å². The molecule has 0 saturated carbocycles. The van der Waals surface area contributed by atoms with E-state index in [0.29, 0.717) is 13.2 Å². The fourth-order valence-electron chi connectivity index (χ4n) is 1.04. The predicted octanol–water partition coefficient (Wildman–Crippen LogP) is -1.18. The Morgan fingerprint density at radius 1 is 1.44 bits per heavy atom. The van der Waals surface area contributed by atoms with Crippen LogP contribution in [0.25, 0.3) is 0 Å². The Morgan fingerprint density at radius 3 is 2.69 bits per heavy atom. The standard InChI is InChI=1S/C9H19N3O4/c1-7(6-15-2)12-8(13)5-11-3-4-16-9(10)14/h7,11H,3-6H2,1-2H3,(H2,10,14)(H,12,13). The van der Waals surface area contributed by atoms with Crippen LogP contribution in [0.4, 0.5) is 4.79 Å². The Bertz CT molecular complexity index is 223. The predicted molar refractivity (Wildman–Crippen MR) is 57.9 cm³/mol. The molecule has 4 N–H and O–H groups in total. The van der Waals surface area contributed by atoms with E-state index in [4.69, 9.17) is 10.5 Å². The molecule has 94 valence electrons. The summed E-state index contributed by atoms with van der Waals surface area (Å²) in [5.74, 6) is -0.136. The first-order valence-electron chi connectivity index (χ1n) is 4.97. The molecule has 0 fully saturated rings. The van der Waals surface area contributed by atoms with Gasteiger partial charge < -0.3 is 25.8 Å². The molecule has 7 nitrogen and oxygen atoms in total. The molecule has 2 amide bonds. The largest absolute Gasteiger partial charge is 0.448 e. The Labute approximate surface area is 94.6 Å². The second kappa shape index (κ2) is 8.93. The summed E-state index contributed by atoms with van der Waals surface area (Å²) in [6.45, 7) is 3.01. The maximum absolute atomic E-state index is 11.3. The van der Waals surface area contributed by atoms with Crippen molar-refractivity contribution in [3.8, 4) is 0 Å². The molecule has 0 spiro atoms. The second-order valence-corrected chi connectivity index (χ2v) is 3.27. The van der Waals surface area contributed by atoms with Crippen LogP contribution in [0.15, 0.2) is 0 Å². The average molecular weight is 233 g/mol. The molecule has 0 aliphatic rings. The molecule has 1 unspecified atom stereocenters. The van der Waals surface area contributed by atoms with Crippen LogP contribution in [0.1, 0.15) is 6.92 Å². The molecular formula is C9H19N3O4. The first-order valence-corrected chi connectivity index (χ1v) is 4.97. The summed E-state index contributed by atoms with van der Waals surface area (Å²) in [7, 11) is 1.57. The average Bonchev–Trinajstić information content (AvgIpc) is 2.16. The molecule has 0 bridgehead atoms. The van der Waals surface area contributed by atoms with Crippen LogP contribution in [0.3, 0.4) is 0 Å². The van der Waals surface area contributed by atoms with Gasteiger partial charge in [-0.15, -0.1) is 0 Å². The van der Waals surface area contributed by atoms with Crippen LogP contribution < -0.4 is 16.4 Å². The summed E-state index contributed by atoms with van der Waals surface area (Å²) in [6.07, 6.45) is -0.819. The fraction of sp³-hybridized carbons (Fsp3) is 0.778. The van der Waals surface area contributed by atoms with E-state index < -0.39 is 6.09 Å². The third-order valence-corrected chi connectivity index (χ3v) is 1.63. The van der Waals surface area contributed by atoms with Crippen LogP contribution in [0, 0.1) is 0 Å². The highest BCUT2D eigenvalue weighted by Gasteiger charge is 2.05. The van der Waals surface area contributed by atoms with Gasteiger partial charge in [-0.3, -0.25) is 4.79 Å². The lowest BCUT2D eigenvalue weighted by Crippen LogP contribution is -2.41. The number of carbonyl (C=O) groups is 2. The fourth-order valence-corrected chi connectivity index (χ4v) is 1.04. The van der Waals surface area contributed by atoms with Crippen molar-refractivity contribution in [3.63, 3.8) is 0 Å². The van der Waals surface area contributed by atoms with Crippen LogP contribution in [-0.2, 0) is 14.3 Å². The van der Waals surface area contributed by atoms with Gasteiger partial charge in [0.25, 0.3) is 0 Å². The van der Waals surface area contributed by atoms with Crippen molar-refractivity contribution >= 4 is 12.0 Å². The lowest BCUT2D eigenvalue weighted by atomic mass is 10.3. The van der Waals surface area contributed by atoms with E-state index in [-0.39, 0.29) is 25.1 Å². The molecule has 0 aromatic rings. The van der Waals surface area contributed by atoms with Gasteiger partial charge in [-0.2, -0.15) is 0 Å². The minimum Gasteiger partial charge on any atom is -0.448 e. The van der Waals surface area contributed by atoms with Crippen molar-refractivity contribution in [2.75, 3.05) is 33.4 Å². The van der Waals surface area contributed by atoms with Crippen molar-refractivity contribution in [1.82, 2.24) is 10.6 Å². The van der Waals surface area contributed by atoms with Crippen molar-refractivity contribution < 1.29 is 19.1 Å². The highest BCUT2D eigenvalue weighted by Crippen LogP contribution is 1.81. The first-order chi connectivity index (χ1) is 7.56. The van der Waals surface area contributed by atoms with Crippen LogP contribution >= 0.6 is 0 Å². The van der Waals surface area contributed by atoms with E-state index >= 15 is 0 Å². The van der Waals surface area contributed by atoms with E-state index in [1.54, 1.807) is 7.11 Å². The molecule has 0 aliphatic carbocycles. The molecule has 0 heterocycles. The SMILES string of the molecule is COCC(C)NC(=O)CNCCOC(N)=O. The number of hydrogen-bond acceptors (Lipinski definition) is 5. The Hall–Kier alpha value is -1.34. The molecule has 0 aliphatic heterocycles. The lowest BCUT2D eigenvalue weighted by molar-refractivity contribution is -0.121. The number of amides is 2.